The van der Waals surface area contributed by atoms with Crippen molar-refractivity contribution in [2.75, 3.05) is 5.32 Å². The lowest BCUT2D eigenvalue weighted by Gasteiger charge is -2.30. The number of sulfonamides is 2. The van der Waals surface area contributed by atoms with Gasteiger partial charge in [0.2, 0.25) is 10.0 Å². The minimum absolute atomic E-state index is 0.0540. The van der Waals surface area contributed by atoms with Crippen LogP contribution in [0.2, 0.25) is 5.02 Å². The van der Waals surface area contributed by atoms with Gasteiger partial charge in [-0.15, -0.1) is 0 Å². The number of fused-ring (bicyclic) bond motifs is 1. The zero-order valence-corrected chi connectivity index (χ0v) is 16.8. The van der Waals surface area contributed by atoms with E-state index in [0.29, 0.717) is 18.0 Å². The number of halogens is 1. The molecule has 0 bridgehead atoms. The highest BCUT2D eigenvalue weighted by atomic mass is 35.5. The Morgan fingerprint density at radius 1 is 1.35 bits per heavy atom. The van der Waals surface area contributed by atoms with Gasteiger partial charge in [0.05, 0.1) is 16.9 Å². The lowest BCUT2D eigenvalue weighted by molar-refractivity contribution is 0.438. The number of hydrogen-bond donors (Lipinski definition) is 3. The third-order valence-corrected chi connectivity index (χ3v) is 8.06. The van der Waals surface area contributed by atoms with Gasteiger partial charge in [0, 0.05) is 5.70 Å². The standard InChI is InChI=1S/C16H22ClN3O4S2/c1-10(2)19-25(21,22)14-9-15-13(8-12(14)17)18-16(20-26(15,23)24)7-11-5-3-4-6-11/h8-9,11,16,18-20H,1,3-7H2,2H3. The van der Waals surface area contributed by atoms with E-state index in [1.165, 1.54) is 25.8 Å². The Labute approximate surface area is 159 Å². The van der Waals surface area contributed by atoms with Crippen molar-refractivity contribution in [1.82, 2.24) is 9.44 Å². The summed E-state index contributed by atoms with van der Waals surface area (Å²) < 4.78 is 54.8. The maximum atomic E-state index is 12.6. The first-order valence-electron chi connectivity index (χ1n) is 8.39. The number of allylic oxidation sites excluding steroid dienone is 1. The van der Waals surface area contributed by atoms with E-state index in [4.69, 9.17) is 11.6 Å². The van der Waals surface area contributed by atoms with Crippen molar-refractivity contribution in [3.8, 4) is 0 Å². The molecule has 3 rings (SSSR count). The van der Waals surface area contributed by atoms with Gasteiger partial charge in [-0.1, -0.05) is 43.9 Å². The minimum atomic E-state index is -4.01. The summed E-state index contributed by atoms with van der Waals surface area (Å²) in [4.78, 5) is -0.436. The number of hydrogen-bond acceptors (Lipinski definition) is 5. The summed E-state index contributed by atoms with van der Waals surface area (Å²) in [7, 11) is -7.85. The summed E-state index contributed by atoms with van der Waals surface area (Å²) in [6.07, 6.45) is 4.79. The highest BCUT2D eigenvalue weighted by Crippen LogP contribution is 2.36. The number of benzene rings is 1. The molecule has 1 aromatic carbocycles. The second-order valence-electron chi connectivity index (χ2n) is 6.87. The first-order valence-corrected chi connectivity index (χ1v) is 11.7. The van der Waals surface area contributed by atoms with Gasteiger partial charge in [0.25, 0.3) is 10.0 Å². The van der Waals surface area contributed by atoms with Crippen LogP contribution in [0.5, 0.6) is 0 Å². The molecule has 1 saturated carbocycles. The largest absolute Gasteiger partial charge is 0.368 e. The fourth-order valence-electron chi connectivity index (χ4n) is 3.51. The van der Waals surface area contributed by atoms with Crippen molar-refractivity contribution < 1.29 is 16.8 Å². The van der Waals surface area contributed by atoms with E-state index in [0.717, 1.165) is 18.9 Å². The topological polar surface area (TPSA) is 104 Å². The normalized spacial score (nSPS) is 22.5. The van der Waals surface area contributed by atoms with E-state index in [1.807, 2.05) is 0 Å². The number of anilines is 1. The van der Waals surface area contributed by atoms with Gasteiger partial charge in [-0.25, -0.2) is 16.8 Å². The molecule has 0 aromatic heterocycles. The Balaban J connectivity index is 1.95. The molecule has 1 heterocycles. The molecule has 1 aromatic rings. The molecule has 1 aliphatic carbocycles. The summed E-state index contributed by atoms with van der Waals surface area (Å²) in [5, 5.41) is 3.08. The lowest BCUT2D eigenvalue weighted by Crippen LogP contribution is -2.45. The van der Waals surface area contributed by atoms with E-state index >= 15 is 0 Å². The van der Waals surface area contributed by atoms with Gasteiger partial charge in [-0.05, 0) is 31.4 Å². The summed E-state index contributed by atoms with van der Waals surface area (Å²) in [5.74, 6) is 0.478. The smallest absolute Gasteiger partial charge is 0.263 e. The van der Waals surface area contributed by atoms with Gasteiger partial charge in [0.1, 0.15) is 9.79 Å². The molecule has 0 amide bonds. The molecule has 7 nitrogen and oxygen atoms in total. The minimum Gasteiger partial charge on any atom is -0.368 e. The SMILES string of the molecule is C=C(C)NS(=O)(=O)c1cc2c(cc1Cl)NC(CC1CCCC1)NS2(=O)=O. The Morgan fingerprint density at radius 3 is 2.62 bits per heavy atom. The van der Waals surface area contributed by atoms with Crippen molar-refractivity contribution >= 4 is 37.3 Å². The molecule has 0 saturated heterocycles. The third kappa shape index (κ3) is 4.00. The summed E-state index contributed by atoms with van der Waals surface area (Å²) in [6, 6.07) is 2.42. The molecule has 1 fully saturated rings. The van der Waals surface area contributed by atoms with E-state index in [2.05, 4.69) is 21.3 Å². The van der Waals surface area contributed by atoms with Crippen LogP contribution in [0.1, 0.15) is 39.0 Å². The van der Waals surface area contributed by atoms with Gasteiger partial charge < -0.3 is 5.32 Å². The molecule has 2 aliphatic rings. The maximum Gasteiger partial charge on any atom is 0.263 e. The van der Waals surface area contributed by atoms with Crippen molar-refractivity contribution in [1.29, 1.82) is 0 Å². The molecular weight excluding hydrogens is 398 g/mol. The Kier molecular flexibility index (Phi) is 5.26. The summed E-state index contributed by atoms with van der Waals surface area (Å²) >= 11 is 6.14. The van der Waals surface area contributed by atoms with Crippen molar-refractivity contribution in [2.24, 2.45) is 5.92 Å². The fourth-order valence-corrected chi connectivity index (χ4v) is 6.55. The van der Waals surface area contributed by atoms with Crippen molar-refractivity contribution in [3.63, 3.8) is 0 Å². The molecular formula is C16H22ClN3O4S2. The van der Waals surface area contributed by atoms with E-state index in [-0.39, 0.29) is 20.5 Å². The maximum absolute atomic E-state index is 12.6. The van der Waals surface area contributed by atoms with Crippen molar-refractivity contribution in [3.05, 3.63) is 29.4 Å². The Hall–Kier alpha value is -1.29. The summed E-state index contributed by atoms with van der Waals surface area (Å²) in [6.45, 7) is 4.98. The van der Waals surface area contributed by atoms with Crippen LogP contribution in [0.25, 0.3) is 0 Å². The average molecular weight is 420 g/mol. The molecule has 144 valence electrons. The molecule has 0 spiro atoms. The zero-order valence-electron chi connectivity index (χ0n) is 14.4. The molecule has 1 unspecified atom stereocenters. The number of rotatable bonds is 5. The zero-order chi connectivity index (χ0) is 19.1. The second-order valence-corrected chi connectivity index (χ2v) is 10.6. The van der Waals surface area contributed by atoms with Gasteiger partial charge in [-0.2, -0.15) is 4.72 Å². The van der Waals surface area contributed by atoms with E-state index in [9.17, 15) is 16.8 Å². The highest BCUT2D eigenvalue weighted by molar-refractivity contribution is 7.90. The first-order chi connectivity index (χ1) is 12.1. The quantitative estimate of drug-likeness (QED) is 0.680. The van der Waals surface area contributed by atoms with Crippen LogP contribution in [0.4, 0.5) is 5.69 Å². The van der Waals surface area contributed by atoms with Crippen LogP contribution in [0.15, 0.2) is 34.2 Å². The van der Waals surface area contributed by atoms with Crippen molar-refractivity contribution in [2.45, 2.75) is 55.0 Å². The molecule has 0 radical (unpaired) electrons. The van der Waals surface area contributed by atoms with Gasteiger partial charge >= 0.3 is 0 Å². The molecule has 1 aliphatic heterocycles. The predicted octanol–water partition coefficient (Wildman–Crippen LogP) is 2.76. The molecule has 10 heteroatoms. The van der Waals surface area contributed by atoms with Crippen LogP contribution >= 0.6 is 11.6 Å². The highest BCUT2D eigenvalue weighted by Gasteiger charge is 2.33. The third-order valence-electron chi connectivity index (χ3n) is 4.59. The van der Waals surface area contributed by atoms with Crippen LogP contribution in [-0.4, -0.2) is 23.0 Å². The van der Waals surface area contributed by atoms with Crippen LogP contribution in [0.3, 0.4) is 0 Å². The monoisotopic (exact) mass is 419 g/mol. The summed E-state index contributed by atoms with van der Waals surface area (Å²) in [5.41, 5.74) is 0.514. The lowest BCUT2D eigenvalue weighted by atomic mass is 10.0. The molecule has 3 N–H and O–H groups in total. The van der Waals surface area contributed by atoms with Gasteiger partial charge in [0.15, 0.2) is 0 Å². The first kappa shape index (κ1) is 19.5. The van der Waals surface area contributed by atoms with Gasteiger partial charge in [-0.3, -0.25) is 4.72 Å². The fraction of sp³-hybridized carbons (Fsp3) is 0.500. The van der Waals surface area contributed by atoms with Crippen LogP contribution < -0.4 is 14.8 Å². The molecule has 1 atom stereocenters. The average Bonchev–Trinajstić information content (AvgIpc) is 2.96. The van der Waals surface area contributed by atoms with E-state index < -0.39 is 26.2 Å². The Bertz CT molecular complexity index is 938. The molecule has 26 heavy (non-hydrogen) atoms. The Morgan fingerprint density at radius 2 is 2.00 bits per heavy atom. The number of nitrogens with one attached hydrogen (secondary N) is 3. The second kappa shape index (κ2) is 7.03. The predicted molar refractivity (Wildman–Crippen MR) is 101 cm³/mol. The van der Waals surface area contributed by atoms with Crippen LogP contribution in [-0.2, 0) is 20.0 Å². The van der Waals surface area contributed by atoms with E-state index in [1.54, 1.807) is 0 Å². The van der Waals surface area contributed by atoms with Crippen LogP contribution in [0, 0.1) is 5.92 Å².